The number of halogens is 1. The second-order valence-corrected chi connectivity index (χ2v) is 7.03. The molecular weight excluding hydrogens is 384 g/mol. The van der Waals surface area contributed by atoms with Gasteiger partial charge in [-0.05, 0) is 43.2 Å². The van der Waals surface area contributed by atoms with Crippen molar-refractivity contribution in [3.63, 3.8) is 0 Å². The molecule has 1 saturated heterocycles. The molecule has 3 heterocycles. The quantitative estimate of drug-likeness (QED) is 0.520. The number of nitrogens with one attached hydrogen (secondary N) is 1. The third-order valence-corrected chi connectivity index (χ3v) is 4.88. The number of carbonyl (C=O) groups is 3. The fourth-order valence-electron chi connectivity index (χ4n) is 3.17. The van der Waals surface area contributed by atoms with E-state index >= 15 is 0 Å². The van der Waals surface area contributed by atoms with Crippen molar-refractivity contribution in [3.05, 3.63) is 58.6 Å². The maximum atomic E-state index is 12.3. The lowest BCUT2D eigenvalue weighted by Gasteiger charge is -2.13. The molecule has 3 aromatic rings. The van der Waals surface area contributed by atoms with Crippen LogP contribution in [0.4, 0.5) is 0 Å². The van der Waals surface area contributed by atoms with Crippen LogP contribution < -0.4 is 0 Å². The Hall–Kier alpha value is -3.06. The Balaban J connectivity index is 1.38. The highest BCUT2D eigenvalue weighted by Gasteiger charge is 2.22. The summed E-state index contributed by atoms with van der Waals surface area (Å²) in [6, 6.07) is 7.97. The van der Waals surface area contributed by atoms with Crippen molar-refractivity contribution in [1.29, 1.82) is 0 Å². The van der Waals surface area contributed by atoms with E-state index in [4.69, 9.17) is 20.8 Å². The first-order valence-corrected chi connectivity index (χ1v) is 9.26. The van der Waals surface area contributed by atoms with Crippen LogP contribution in [0.15, 0.2) is 40.9 Å². The predicted octanol–water partition coefficient (Wildman–Crippen LogP) is 3.69. The first-order valence-electron chi connectivity index (χ1n) is 8.88. The average molecular weight is 401 g/mol. The number of ether oxygens (including phenoxy) is 1. The van der Waals surface area contributed by atoms with E-state index in [0.29, 0.717) is 21.7 Å². The highest BCUT2D eigenvalue weighted by atomic mass is 35.5. The third-order valence-electron chi connectivity index (χ3n) is 4.64. The van der Waals surface area contributed by atoms with E-state index in [9.17, 15) is 14.4 Å². The van der Waals surface area contributed by atoms with Crippen molar-refractivity contribution in [2.24, 2.45) is 0 Å². The smallest absolute Gasteiger partial charge is 0.374 e. The summed E-state index contributed by atoms with van der Waals surface area (Å²) in [6.45, 7) is 0.995. The Morgan fingerprint density at radius 3 is 2.71 bits per heavy atom. The van der Waals surface area contributed by atoms with E-state index < -0.39 is 18.4 Å². The molecule has 7 nitrogen and oxygen atoms in total. The van der Waals surface area contributed by atoms with Gasteiger partial charge in [0.25, 0.3) is 5.91 Å². The number of Topliss-reactive ketones (excluding diaryl/α,β-unsaturated/α-hetero) is 1. The summed E-state index contributed by atoms with van der Waals surface area (Å²) in [5.74, 6) is -1.30. The van der Waals surface area contributed by atoms with Crippen LogP contribution in [0.5, 0.6) is 0 Å². The van der Waals surface area contributed by atoms with Gasteiger partial charge in [-0.25, -0.2) is 4.79 Å². The number of benzene rings is 1. The number of aromatic amines is 1. The Morgan fingerprint density at radius 1 is 1.14 bits per heavy atom. The van der Waals surface area contributed by atoms with Crippen LogP contribution in [0.1, 0.15) is 44.2 Å². The molecular formula is C20H17ClN2O5. The predicted molar refractivity (Wildman–Crippen MR) is 102 cm³/mol. The zero-order chi connectivity index (χ0) is 19.7. The van der Waals surface area contributed by atoms with Gasteiger partial charge >= 0.3 is 5.97 Å². The van der Waals surface area contributed by atoms with E-state index in [2.05, 4.69) is 4.98 Å². The van der Waals surface area contributed by atoms with Crippen LogP contribution in [0.2, 0.25) is 5.02 Å². The second kappa shape index (κ2) is 7.52. The molecule has 0 radical (unpaired) electrons. The molecule has 1 aliphatic rings. The lowest BCUT2D eigenvalue weighted by atomic mass is 10.2. The minimum atomic E-state index is -0.746. The lowest BCUT2D eigenvalue weighted by molar-refractivity contribution is 0.0446. The maximum Gasteiger partial charge on any atom is 0.374 e. The average Bonchev–Trinajstić information content (AvgIpc) is 3.44. The van der Waals surface area contributed by atoms with Crippen LogP contribution in [0.25, 0.3) is 11.0 Å². The fourth-order valence-corrected chi connectivity index (χ4v) is 3.35. The molecule has 0 unspecified atom stereocenters. The molecule has 1 amide bonds. The van der Waals surface area contributed by atoms with Crippen molar-refractivity contribution >= 4 is 40.2 Å². The topological polar surface area (TPSA) is 92.6 Å². The van der Waals surface area contributed by atoms with Gasteiger partial charge in [0.2, 0.25) is 11.5 Å². The number of aromatic nitrogens is 1. The van der Waals surface area contributed by atoms with Gasteiger partial charge in [0.15, 0.2) is 6.61 Å². The molecule has 0 saturated carbocycles. The van der Waals surface area contributed by atoms with Gasteiger partial charge < -0.3 is 19.0 Å². The normalized spacial score (nSPS) is 13.8. The number of amides is 1. The Morgan fingerprint density at radius 2 is 1.93 bits per heavy atom. The number of fused-ring (bicyclic) bond motifs is 1. The van der Waals surface area contributed by atoms with Gasteiger partial charge in [-0.3, -0.25) is 9.59 Å². The molecule has 4 rings (SSSR count). The largest absolute Gasteiger partial charge is 0.451 e. The first kappa shape index (κ1) is 18.3. The van der Waals surface area contributed by atoms with Crippen LogP contribution in [0.3, 0.4) is 0 Å². The molecule has 0 bridgehead atoms. The summed E-state index contributed by atoms with van der Waals surface area (Å²) in [5, 5.41) is 1.19. The fraction of sp³-hybridized carbons (Fsp3) is 0.250. The summed E-state index contributed by atoms with van der Waals surface area (Å²) in [7, 11) is 0. The van der Waals surface area contributed by atoms with Crippen LogP contribution in [-0.2, 0) is 4.74 Å². The highest BCUT2D eigenvalue weighted by Crippen LogP contribution is 2.23. The molecule has 28 heavy (non-hydrogen) atoms. The molecule has 8 heteroatoms. The Labute approximate surface area is 165 Å². The number of carbonyl (C=O) groups excluding carboxylic acids is 3. The molecule has 1 aromatic carbocycles. The molecule has 1 N–H and O–H groups in total. The van der Waals surface area contributed by atoms with Crippen molar-refractivity contribution in [2.45, 2.75) is 12.8 Å². The maximum absolute atomic E-state index is 12.3. The Bertz CT molecular complexity index is 1060. The number of esters is 1. The van der Waals surface area contributed by atoms with E-state index in [1.165, 1.54) is 18.3 Å². The van der Waals surface area contributed by atoms with Gasteiger partial charge in [-0.2, -0.15) is 0 Å². The van der Waals surface area contributed by atoms with E-state index in [1.807, 2.05) is 0 Å². The highest BCUT2D eigenvalue weighted by molar-refractivity contribution is 6.31. The summed E-state index contributed by atoms with van der Waals surface area (Å²) in [6.07, 6.45) is 3.42. The number of furan rings is 1. The standard InChI is InChI=1S/C20H17ClN2O5/c21-14-3-4-17-12(7-14)9-18(28-17)20(26)27-11-16(24)13-8-15(22-10-13)19(25)23-5-1-2-6-23/h3-4,7-10,22H,1-2,5-6,11H2. The zero-order valence-corrected chi connectivity index (χ0v) is 15.6. The molecule has 144 valence electrons. The number of H-pyrrole nitrogens is 1. The van der Waals surface area contributed by atoms with Gasteiger partial charge in [0.05, 0.1) is 0 Å². The summed E-state index contributed by atoms with van der Waals surface area (Å²) >= 11 is 5.91. The molecule has 0 atom stereocenters. The van der Waals surface area contributed by atoms with Gasteiger partial charge in [0, 0.05) is 35.3 Å². The Kier molecular flexibility index (Phi) is 4.92. The third kappa shape index (κ3) is 3.66. The number of nitrogens with zero attached hydrogens (tertiary/aromatic N) is 1. The minimum Gasteiger partial charge on any atom is -0.451 e. The molecule has 2 aromatic heterocycles. The van der Waals surface area contributed by atoms with Crippen molar-refractivity contribution < 1.29 is 23.5 Å². The van der Waals surface area contributed by atoms with Crippen LogP contribution in [-0.4, -0.2) is 47.2 Å². The zero-order valence-electron chi connectivity index (χ0n) is 14.9. The summed E-state index contributed by atoms with van der Waals surface area (Å²) in [4.78, 5) is 41.3. The summed E-state index contributed by atoms with van der Waals surface area (Å²) in [5.41, 5.74) is 1.14. The lowest BCUT2D eigenvalue weighted by Crippen LogP contribution is -2.27. The van der Waals surface area contributed by atoms with Crippen molar-refractivity contribution in [2.75, 3.05) is 19.7 Å². The minimum absolute atomic E-state index is 0.0102. The van der Waals surface area contributed by atoms with Crippen LogP contribution >= 0.6 is 11.6 Å². The van der Waals surface area contributed by atoms with Crippen LogP contribution in [0, 0.1) is 0 Å². The number of rotatable bonds is 5. The SMILES string of the molecule is O=C(COC(=O)c1cc2cc(Cl)ccc2o1)c1c[nH]c(C(=O)N2CCCC2)c1. The summed E-state index contributed by atoms with van der Waals surface area (Å²) < 4.78 is 10.5. The first-order chi connectivity index (χ1) is 13.5. The van der Waals surface area contributed by atoms with Crippen molar-refractivity contribution in [1.82, 2.24) is 9.88 Å². The van der Waals surface area contributed by atoms with Crippen molar-refractivity contribution in [3.8, 4) is 0 Å². The van der Waals surface area contributed by atoms with Gasteiger partial charge in [-0.15, -0.1) is 0 Å². The van der Waals surface area contributed by atoms with Gasteiger partial charge in [-0.1, -0.05) is 11.6 Å². The molecule has 1 aliphatic heterocycles. The number of ketones is 1. The molecule has 0 spiro atoms. The second-order valence-electron chi connectivity index (χ2n) is 6.59. The van der Waals surface area contributed by atoms with Gasteiger partial charge in [0.1, 0.15) is 11.3 Å². The van der Waals surface area contributed by atoms with E-state index in [1.54, 1.807) is 23.1 Å². The molecule has 0 aliphatic carbocycles. The van der Waals surface area contributed by atoms with E-state index in [-0.39, 0.29) is 17.2 Å². The van der Waals surface area contributed by atoms with E-state index in [0.717, 1.165) is 25.9 Å². The monoisotopic (exact) mass is 400 g/mol. The number of hydrogen-bond acceptors (Lipinski definition) is 5. The molecule has 1 fully saturated rings. The number of hydrogen-bond donors (Lipinski definition) is 1. The number of likely N-dealkylation sites (tertiary alicyclic amines) is 1.